The second kappa shape index (κ2) is 8.24. The number of carbonyl (C=O) groups is 1. The summed E-state index contributed by atoms with van der Waals surface area (Å²) in [7, 11) is 0. The molecule has 1 amide bonds. The van der Waals surface area contributed by atoms with Gasteiger partial charge in [0.05, 0.1) is 17.5 Å². The molecule has 0 aliphatic carbocycles. The van der Waals surface area contributed by atoms with Crippen LogP contribution in [0.25, 0.3) is 5.69 Å². The van der Waals surface area contributed by atoms with Gasteiger partial charge in [0, 0.05) is 6.42 Å². The highest BCUT2D eigenvalue weighted by molar-refractivity contribution is 6.04. The van der Waals surface area contributed by atoms with Crippen LogP contribution in [-0.2, 0) is 12.8 Å². The van der Waals surface area contributed by atoms with Crippen molar-refractivity contribution in [2.45, 2.75) is 53.6 Å². The van der Waals surface area contributed by atoms with Crippen LogP contribution in [0, 0.1) is 6.92 Å². The molecule has 0 aliphatic heterocycles. The van der Waals surface area contributed by atoms with Gasteiger partial charge in [-0.15, -0.1) is 5.10 Å². The van der Waals surface area contributed by atoms with E-state index in [1.165, 1.54) is 0 Å². The van der Waals surface area contributed by atoms with Crippen molar-refractivity contribution in [3.8, 4) is 11.4 Å². The number of hydrogen-bond donors (Lipinski definition) is 1. The van der Waals surface area contributed by atoms with Crippen molar-refractivity contribution >= 4 is 11.6 Å². The van der Waals surface area contributed by atoms with Gasteiger partial charge >= 0.3 is 0 Å². The normalized spacial score (nSPS) is 11.1. The molecule has 0 bridgehead atoms. The van der Waals surface area contributed by atoms with E-state index < -0.39 is 0 Å². The van der Waals surface area contributed by atoms with E-state index in [0.29, 0.717) is 30.0 Å². The topological polar surface area (TPSA) is 95.1 Å². The molecule has 0 radical (unpaired) electrons. The Labute approximate surface area is 163 Å². The minimum absolute atomic E-state index is 0.104. The molecule has 0 saturated heterocycles. The molecule has 0 atom stereocenters. The summed E-state index contributed by atoms with van der Waals surface area (Å²) in [6.07, 6.45) is 1.34. The molecule has 0 fully saturated rings. The Hall–Kier alpha value is -3.16. The third-order valence-electron chi connectivity index (χ3n) is 4.26. The lowest BCUT2D eigenvalue weighted by Crippen LogP contribution is -2.16. The van der Waals surface area contributed by atoms with Crippen molar-refractivity contribution in [3.05, 3.63) is 47.1 Å². The minimum Gasteiger partial charge on any atom is -0.491 e. The van der Waals surface area contributed by atoms with Gasteiger partial charge in [-0.2, -0.15) is 0 Å². The summed E-state index contributed by atoms with van der Waals surface area (Å²) in [5.74, 6) is 1.09. The Morgan fingerprint density at radius 1 is 1.21 bits per heavy atom. The fourth-order valence-electron chi connectivity index (χ4n) is 2.93. The highest BCUT2D eigenvalue weighted by Crippen LogP contribution is 2.23. The highest BCUT2D eigenvalue weighted by Gasteiger charge is 2.22. The van der Waals surface area contributed by atoms with E-state index in [1.54, 1.807) is 11.6 Å². The fraction of sp³-hybridized carbons (Fsp3) is 0.400. The average Bonchev–Trinajstić information content (AvgIpc) is 3.25. The molecule has 0 saturated carbocycles. The number of benzene rings is 1. The molecule has 2 heterocycles. The Morgan fingerprint density at radius 3 is 2.54 bits per heavy atom. The number of aromatic nitrogens is 4. The summed E-state index contributed by atoms with van der Waals surface area (Å²) in [5, 5.41) is 15.1. The average molecular weight is 383 g/mol. The number of rotatable bonds is 7. The largest absolute Gasteiger partial charge is 0.491 e. The van der Waals surface area contributed by atoms with Crippen molar-refractivity contribution in [2.24, 2.45) is 0 Å². The Bertz CT molecular complexity index is 957. The van der Waals surface area contributed by atoms with Crippen LogP contribution in [0.1, 0.15) is 55.3 Å². The van der Waals surface area contributed by atoms with Crippen molar-refractivity contribution in [1.82, 2.24) is 20.2 Å². The van der Waals surface area contributed by atoms with E-state index in [4.69, 9.17) is 9.26 Å². The second-order valence-electron chi connectivity index (χ2n) is 6.68. The van der Waals surface area contributed by atoms with E-state index in [0.717, 1.165) is 17.1 Å². The van der Waals surface area contributed by atoms with Crippen LogP contribution < -0.4 is 10.1 Å². The predicted molar refractivity (Wildman–Crippen MR) is 105 cm³/mol. The van der Waals surface area contributed by atoms with Crippen LogP contribution >= 0.6 is 0 Å². The van der Waals surface area contributed by atoms with E-state index in [2.05, 4.69) is 20.8 Å². The smallest absolute Gasteiger partial charge is 0.278 e. The Balaban J connectivity index is 1.87. The number of aryl methyl sites for hydroxylation is 2. The fourth-order valence-corrected chi connectivity index (χ4v) is 2.93. The molecule has 148 valence electrons. The maximum Gasteiger partial charge on any atom is 0.278 e. The summed E-state index contributed by atoms with van der Waals surface area (Å²) >= 11 is 0. The molecule has 3 rings (SSSR count). The van der Waals surface area contributed by atoms with Crippen LogP contribution in [0.5, 0.6) is 5.75 Å². The zero-order valence-corrected chi connectivity index (χ0v) is 16.8. The monoisotopic (exact) mass is 383 g/mol. The van der Waals surface area contributed by atoms with Gasteiger partial charge in [0.15, 0.2) is 11.5 Å². The van der Waals surface area contributed by atoms with Gasteiger partial charge < -0.3 is 14.6 Å². The van der Waals surface area contributed by atoms with E-state index in [9.17, 15) is 4.79 Å². The van der Waals surface area contributed by atoms with Crippen molar-refractivity contribution in [2.75, 3.05) is 5.32 Å². The summed E-state index contributed by atoms with van der Waals surface area (Å²) in [4.78, 5) is 12.8. The summed E-state index contributed by atoms with van der Waals surface area (Å²) in [6, 6.07) is 7.55. The molecule has 28 heavy (non-hydrogen) atoms. The molecule has 1 aromatic carbocycles. The molecule has 3 aromatic rings. The minimum atomic E-state index is -0.330. The van der Waals surface area contributed by atoms with Crippen molar-refractivity contribution in [3.63, 3.8) is 0 Å². The molecular weight excluding hydrogens is 358 g/mol. The second-order valence-corrected chi connectivity index (χ2v) is 6.68. The molecule has 8 heteroatoms. The van der Waals surface area contributed by atoms with Gasteiger partial charge in [-0.3, -0.25) is 4.79 Å². The quantitative estimate of drug-likeness (QED) is 0.668. The van der Waals surface area contributed by atoms with Gasteiger partial charge in [-0.25, -0.2) is 4.68 Å². The van der Waals surface area contributed by atoms with Gasteiger partial charge in [-0.1, -0.05) is 24.2 Å². The van der Waals surface area contributed by atoms with E-state index >= 15 is 0 Å². The van der Waals surface area contributed by atoms with Gasteiger partial charge in [-0.05, 0) is 51.5 Å². The lowest BCUT2D eigenvalue weighted by atomic mass is 10.2. The zero-order chi connectivity index (χ0) is 20.3. The molecule has 0 unspecified atom stereocenters. The summed E-state index contributed by atoms with van der Waals surface area (Å²) in [5.41, 5.74) is 3.06. The van der Waals surface area contributed by atoms with E-state index in [1.807, 2.05) is 52.0 Å². The maximum absolute atomic E-state index is 12.8. The number of nitrogens with zero attached hydrogens (tertiary/aromatic N) is 4. The number of anilines is 1. The predicted octanol–water partition coefficient (Wildman–Crippen LogP) is 3.73. The summed E-state index contributed by atoms with van der Waals surface area (Å²) in [6.45, 7) is 9.65. The van der Waals surface area contributed by atoms with Gasteiger partial charge in [0.1, 0.15) is 17.1 Å². The molecule has 1 N–H and O–H groups in total. The first-order chi connectivity index (χ1) is 13.4. The summed E-state index contributed by atoms with van der Waals surface area (Å²) < 4.78 is 12.6. The van der Waals surface area contributed by atoms with Gasteiger partial charge in [0.25, 0.3) is 5.91 Å². The Morgan fingerprint density at radius 2 is 1.93 bits per heavy atom. The zero-order valence-electron chi connectivity index (χ0n) is 16.8. The molecule has 8 nitrogen and oxygen atoms in total. The number of hydrogen-bond acceptors (Lipinski definition) is 6. The van der Waals surface area contributed by atoms with Crippen LogP contribution in [0.3, 0.4) is 0 Å². The van der Waals surface area contributed by atoms with Crippen LogP contribution in [0.4, 0.5) is 5.69 Å². The first-order valence-corrected chi connectivity index (χ1v) is 9.42. The number of carbonyl (C=O) groups excluding carboxylic acids is 1. The third kappa shape index (κ3) is 3.90. The first kappa shape index (κ1) is 19.6. The lowest BCUT2D eigenvalue weighted by molar-refractivity contribution is 0.102. The maximum atomic E-state index is 12.8. The van der Waals surface area contributed by atoms with Crippen molar-refractivity contribution < 1.29 is 14.1 Å². The molecule has 2 aromatic heterocycles. The van der Waals surface area contributed by atoms with Crippen molar-refractivity contribution in [1.29, 1.82) is 0 Å². The SMILES string of the molecule is CCc1onc(C)c1NC(=O)c1nnn(-c2ccc(OC(C)C)cc2)c1CC. The third-order valence-corrected chi connectivity index (χ3v) is 4.26. The molecule has 0 aliphatic rings. The van der Waals surface area contributed by atoms with Crippen LogP contribution in [0.2, 0.25) is 0 Å². The number of nitrogens with one attached hydrogen (secondary N) is 1. The standard InChI is InChI=1S/C20H25N5O3/c1-6-16-19(20(26)21-18-13(5)23-28-17(18)7-2)22-24-25(16)14-8-10-15(11-9-14)27-12(3)4/h8-12H,6-7H2,1-5H3,(H,21,26). The van der Waals surface area contributed by atoms with Crippen LogP contribution in [0.15, 0.2) is 28.8 Å². The highest BCUT2D eigenvalue weighted by atomic mass is 16.5. The van der Waals surface area contributed by atoms with E-state index in [-0.39, 0.29) is 17.7 Å². The van der Waals surface area contributed by atoms with Crippen LogP contribution in [-0.4, -0.2) is 32.2 Å². The molecule has 0 spiro atoms. The number of ether oxygens (including phenoxy) is 1. The Kier molecular flexibility index (Phi) is 5.77. The lowest BCUT2D eigenvalue weighted by Gasteiger charge is -2.11. The first-order valence-electron chi connectivity index (χ1n) is 9.42. The number of amides is 1. The molecular formula is C20H25N5O3. The van der Waals surface area contributed by atoms with Gasteiger partial charge in [0.2, 0.25) is 0 Å².